The number of hydrogen-bond acceptors (Lipinski definition) is 3. The molecule has 0 radical (unpaired) electrons. The average molecular weight is 780 g/mol. The Labute approximate surface area is 353 Å². The fraction of sp³-hybridized carbons (Fsp3) is 0.0345. The number of para-hydroxylation sites is 3. The zero-order chi connectivity index (χ0) is 40.3. The van der Waals surface area contributed by atoms with E-state index in [4.69, 9.17) is 8.83 Å². The number of furan rings is 2. The summed E-state index contributed by atoms with van der Waals surface area (Å²) in [6.07, 6.45) is 6.34. The normalized spacial score (nSPS) is 12.9. The van der Waals surface area contributed by atoms with E-state index in [2.05, 4.69) is 187 Å². The molecule has 9 aromatic carbocycles. The fourth-order valence-corrected chi connectivity index (χ4v) is 9.29. The van der Waals surface area contributed by atoms with Crippen molar-refractivity contribution in [1.82, 2.24) is 0 Å². The van der Waals surface area contributed by atoms with Gasteiger partial charge in [-0.05, 0) is 112 Å². The van der Waals surface area contributed by atoms with E-state index in [-0.39, 0.29) is 0 Å². The summed E-state index contributed by atoms with van der Waals surface area (Å²) in [6.45, 7) is 0. The molecule has 0 atom stereocenters. The Kier molecular flexibility index (Phi) is 8.21. The molecule has 61 heavy (non-hydrogen) atoms. The lowest BCUT2D eigenvalue weighted by Crippen LogP contribution is -2.18. The molecule has 1 aliphatic carbocycles. The van der Waals surface area contributed by atoms with Crippen LogP contribution in [0.15, 0.2) is 215 Å². The largest absolute Gasteiger partial charge is 0.456 e. The average Bonchev–Trinajstić information content (AvgIpc) is 3.91. The second-order valence-electron chi connectivity index (χ2n) is 15.8. The molecule has 11 aromatic rings. The van der Waals surface area contributed by atoms with Crippen LogP contribution < -0.4 is 4.90 Å². The SMILES string of the molecule is c1cc2c(oc3ccccc32)c(-c2ccccc2N(C2=CC=C(c3ccc4oc5ccccc5c4c3)CC2)c2ccc(-c3cccc(-c4cccc5ccccc45)c3)cc2)c#1. The van der Waals surface area contributed by atoms with Crippen molar-refractivity contribution in [2.45, 2.75) is 12.8 Å². The van der Waals surface area contributed by atoms with Crippen LogP contribution in [-0.2, 0) is 0 Å². The molecule has 2 aromatic heterocycles. The third-order valence-corrected chi connectivity index (χ3v) is 12.3. The van der Waals surface area contributed by atoms with Gasteiger partial charge in [0.15, 0.2) is 5.58 Å². The molecule has 0 unspecified atom stereocenters. The first-order chi connectivity index (χ1) is 30.2. The second-order valence-corrected chi connectivity index (χ2v) is 15.8. The Hall–Kier alpha value is -8.06. The Morgan fingerprint density at radius 1 is 0.443 bits per heavy atom. The summed E-state index contributed by atoms with van der Waals surface area (Å²) in [6, 6.07) is 73.5. The van der Waals surface area contributed by atoms with Crippen molar-refractivity contribution in [3.05, 3.63) is 224 Å². The second kappa shape index (κ2) is 14.3. The van der Waals surface area contributed by atoms with Crippen molar-refractivity contribution >= 4 is 71.6 Å². The summed E-state index contributed by atoms with van der Waals surface area (Å²) in [7, 11) is 0. The zero-order valence-corrected chi connectivity index (χ0v) is 33.2. The maximum Gasteiger partial charge on any atom is 0.152 e. The molecule has 3 nitrogen and oxygen atoms in total. The number of allylic oxidation sites excluding steroid dienone is 4. The minimum atomic E-state index is 0.816. The minimum Gasteiger partial charge on any atom is -0.456 e. The van der Waals surface area contributed by atoms with E-state index in [1.807, 2.05) is 30.3 Å². The first-order valence-corrected chi connectivity index (χ1v) is 20.9. The van der Waals surface area contributed by atoms with Crippen molar-refractivity contribution in [1.29, 1.82) is 0 Å². The van der Waals surface area contributed by atoms with Crippen molar-refractivity contribution in [3.63, 3.8) is 0 Å². The van der Waals surface area contributed by atoms with Crippen LogP contribution in [0.1, 0.15) is 18.4 Å². The molecule has 0 aliphatic heterocycles. The van der Waals surface area contributed by atoms with E-state index >= 15 is 0 Å². The predicted octanol–water partition coefficient (Wildman–Crippen LogP) is 16.1. The van der Waals surface area contributed by atoms with Crippen molar-refractivity contribution in [2.24, 2.45) is 0 Å². The minimum absolute atomic E-state index is 0.816. The molecule has 0 N–H and O–H groups in total. The highest BCUT2D eigenvalue weighted by atomic mass is 16.3. The molecule has 12 rings (SSSR count). The van der Waals surface area contributed by atoms with Crippen LogP contribution in [0, 0.1) is 12.1 Å². The monoisotopic (exact) mass is 779 g/mol. The van der Waals surface area contributed by atoms with Crippen molar-refractivity contribution < 1.29 is 8.83 Å². The van der Waals surface area contributed by atoms with Crippen LogP contribution in [0.5, 0.6) is 0 Å². The fourth-order valence-electron chi connectivity index (χ4n) is 9.29. The summed E-state index contributed by atoms with van der Waals surface area (Å²) in [5.74, 6) is 0. The molecular weight excluding hydrogens is 743 g/mol. The van der Waals surface area contributed by atoms with Crippen LogP contribution in [-0.4, -0.2) is 0 Å². The molecular formula is C58H37NO2. The third kappa shape index (κ3) is 6.00. The van der Waals surface area contributed by atoms with E-state index in [9.17, 15) is 0 Å². The smallest absolute Gasteiger partial charge is 0.152 e. The standard InChI is InChI=1S/C58H37NO2/c1-2-16-46-40(12-1)13-10-20-47(46)43-15-9-14-41(36-43)38-26-31-44(32-27-38)59(45-33-28-39(29-34-45)42-30-35-57-53(37-42)50-19-5-7-24-55(50)60-57)54-23-6-3-17-48(54)51-21-11-22-52-49-18-4-8-25-56(49)61-58(51)52/h1-10,12-20,22-28,30-33,35-37H,29,34H2. The van der Waals surface area contributed by atoms with Crippen LogP contribution >= 0.6 is 0 Å². The van der Waals surface area contributed by atoms with Gasteiger partial charge < -0.3 is 13.7 Å². The van der Waals surface area contributed by atoms with Gasteiger partial charge in [-0.3, -0.25) is 0 Å². The lowest BCUT2D eigenvalue weighted by Gasteiger charge is -2.31. The molecule has 0 bridgehead atoms. The van der Waals surface area contributed by atoms with Crippen molar-refractivity contribution in [3.8, 4) is 33.4 Å². The summed E-state index contributed by atoms with van der Waals surface area (Å²) in [5, 5.41) is 6.91. The van der Waals surface area contributed by atoms with E-state index in [1.54, 1.807) is 0 Å². The maximum absolute atomic E-state index is 6.57. The Morgan fingerprint density at radius 3 is 1.97 bits per heavy atom. The molecule has 0 spiro atoms. The highest BCUT2D eigenvalue weighted by Gasteiger charge is 2.23. The number of rotatable bonds is 7. The van der Waals surface area contributed by atoms with Gasteiger partial charge in [0.2, 0.25) is 0 Å². The quantitative estimate of drug-likeness (QED) is 0.161. The molecule has 1 aliphatic rings. The number of hydrogen-bond donors (Lipinski definition) is 0. The Balaban J connectivity index is 0.970. The predicted molar refractivity (Wildman–Crippen MR) is 253 cm³/mol. The number of fused-ring (bicyclic) bond motifs is 7. The van der Waals surface area contributed by atoms with Gasteiger partial charge in [0, 0.05) is 44.6 Å². The van der Waals surface area contributed by atoms with E-state index in [0.717, 1.165) is 84.8 Å². The molecule has 286 valence electrons. The van der Waals surface area contributed by atoms with Gasteiger partial charge >= 0.3 is 0 Å². The molecule has 2 heterocycles. The van der Waals surface area contributed by atoms with E-state index < -0.39 is 0 Å². The molecule has 0 amide bonds. The first kappa shape index (κ1) is 34.9. The van der Waals surface area contributed by atoms with Crippen LogP contribution in [0.3, 0.4) is 0 Å². The van der Waals surface area contributed by atoms with Crippen LogP contribution in [0.2, 0.25) is 0 Å². The highest BCUT2D eigenvalue weighted by Crippen LogP contribution is 2.44. The molecule has 0 fully saturated rings. The summed E-state index contributed by atoms with van der Waals surface area (Å²) in [5.41, 5.74) is 16.1. The molecule has 3 heteroatoms. The Bertz CT molecular complexity index is 3540. The van der Waals surface area contributed by atoms with Crippen molar-refractivity contribution in [2.75, 3.05) is 4.90 Å². The van der Waals surface area contributed by atoms with Gasteiger partial charge in [-0.25, -0.2) is 0 Å². The highest BCUT2D eigenvalue weighted by molar-refractivity contribution is 6.10. The summed E-state index contributed by atoms with van der Waals surface area (Å²) < 4.78 is 12.7. The lowest BCUT2D eigenvalue weighted by molar-refractivity contribution is 0.669. The van der Waals surface area contributed by atoms with E-state index in [0.29, 0.717) is 0 Å². The van der Waals surface area contributed by atoms with Gasteiger partial charge in [0.05, 0.1) is 11.3 Å². The summed E-state index contributed by atoms with van der Waals surface area (Å²) >= 11 is 0. The topological polar surface area (TPSA) is 29.5 Å². The number of anilines is 2. The van der Waals surface area contributed by atoms with Crippen LogP contribution in [0.4, 0.5) is 11.4 Å². The molecule has 0 saturated carbocycles. The van der Waals surface area contributed by atoms with Gasteiger partial charge in [-0.15, -0.1) is 0 Å². The van der Waals surface area contributed by atoms with Gasteiger partial charge in [0.1, 0.15) is 16.7 Å². The first-order valence-electron chi connectivity index (χ1n) is 20.9. The van der Waals surface area contributed by atoms with E-state index in [1.165, 1.54) is 44.3 Å². The van der Waals surface area contributed by atoms with Gasteiger partial charge in [-0.1, -0.05) is 152 Å². The third-order valence-electron chi connectivity index (χ3n) is 12.3. The summed E-state index contributed by atoms with van der Waals surface area (Å²) in [4.78, 5) is 2.42. The van der Waals surface area contributed by atoms with Gasteiger partial charge in [-0.2, -0.15) is 0 Å². The zero-order valence-electron chi connectivity index (χ0n) is 33.2. The van der Waals surface area contributed by atoms with Gasteiger partial charge in [0.25, 0.3) is 0 Å². The number of benzene rings is 8. The molecule has 0 saturated heterocycles. The van der Waals surface area contributed by atoms with Crippen LogP contribution in [0.25, 0.3) is 93.6 Å². The Morgan fingerprint density at radius 2 is 1.11 bits per heavy atom. The number of nitrogens with zero attached hydrogens (tertiary/aromatic N) is 1. The lowest BCUT2D eigenvalue weighted by atomic mass is 9.93. The maximum atomic E-state index is 6.57.